The highest BCUT2D eigenvalue weighted by Crippen LogP contribution is 2.22. The van der Waals surface area contributed by atoms with Gasteiger partial charge in [-0.2, -0.15) is 4.98 Å². The Morgan fingerprint density at radius 1 is 1.43 bits per heavy atom. The molecule has 1 heterocycles. The minimum absolute atomic E-state index is 0.0363. The lowest BCUT2D eigenvalue weighted by Gasteiger charge is -2.27. The summed E-state index contributed by atoms with van der Waals surface area (Å²) in [5, 5.41) is 3.06. The van der Waals surface area contributed by atoms with Crippen molar-refractivity contribution in [3.63, 3.8) is 0 Å². The molecule has 1 aliphatic carbocycles. The fraction of sp³-hybridized carbons (Fsp3) is 0.667. The molecule has 1 saturated carbocycles. The van der Waals surface area contributed by atoms with E-state index in [1.165, 1.54) is 4.57 Å². The number of carbonyl (C=O) groups excluding carboxylic acids is 1. The molecule has 0 spiro atoms. The molecule has 1 fully saturated rings. The van der Waals surface area contributed by atoms with Gasteiger partial charge in [0, 0.05) is 23.5 Å². The third kappa shape index (κ3) is 3.69. The Kier molecular flexibility index (Phi) is 4.77. The van der Waals surface area contributed by atoms with E-state index in [0.717, 1.165) is 25.0 Å². The summed E-state index contributed by atoms with van der Waals surface area (Å²) in [6.45, 7) is 3.63. The third-order valence-electron chi connectivity index (χ3n) is 4.14. The van der Waals surface area contributed by atoms with Gasteiger partial charge in [0.1, 0.15) is 6.54 Å². The molecule has 21 heavy (non-hydrogen) atoms. The summed E-state index contributed by atoms with van der Waals surface area (Å²) in [5.41, 5.74) is 1.08. The fourth-order valence-electron chi connectivity index (χ4n) is 3.09. The second kappa shape index (κ2) is 6.39. The van der Waals surface area contributed by atoms with Crippen LogP contribution in [0.15, 0.2) is 10.9 Å². The first-order chi connectivity index (χ1) is 9.88. The Morgan fingerprint density at radius 3 is 2.76 bits per heavy atom. The maximum absolute atomic E-state index is 12.2. The molecule has 1 aromatic heterocycles. The van der Waals surface area contributed by atoms with Crippen molar-refractivity contribution in [2.24, 2.45) is 0 Å². The number of likely N-dealkylation sites (N-methyl/N-ethyl adjacent to an activating group) is 1. The molecule has 116 valence electrons. The molecule has 0 radical (unpaired) electrons. The third-order valence-corrected chi connectivity index (χ3v) is 4.14. The van der Waals surface area contributed by atoms with E-state index < -0.39 is 0 Å². The van der Waals surface area contributed by atoms with Crippen LogP contribution in [0.25, 0.3) is 0 Å². The lowest BCUT2D eigenvalue weighted by molar-refractivity contribution is -0.122. The largest absolute Gasteiger partial charge is 0.350 e. The van der Waals surface area contributed by atoms with Crippen molar-refractivity contribution in [3.8, 4) is 0 Å². The predicted octanol–water partition coefficient (Wildman–Crippen LogP) is 0.459. The van der Waals surface area contributed by atoms with Crippen LogP contribution in [0, 0.1) is 13.8 Å². The van der Waals surface area contributed by atoms with Gasteiger partial charge in [0.25, 0.3) is 0 Å². The van der Waals surface area contributed by atoms with Crippen LogP contribution in [0.3, 0.4) is 0 Å². The van der Waals surface area contributed by atoms with Crippen LogP contribution in [-0.4, -0.2) is 46.5 Å². The predicted molar refractivity (Wildman–Crippen MR) is 81.2 cm³/mol. The zero-order valence-electron chi connectivity index (χ0n) is 13.2. The average Bonchev–Trinajstić information content (AvgIpc) is 2.82. The minimum Gasteiger partial charge on any atom is -0.350 e. The lowest BCUT2D eigenvalue weighted by Crippen LogP contribution is -2.47. The van der Waals surface area contributed by atoms with Crippen molar-refractivity contribution in [2.75, 3.05) is 14.1 Å². The van der Waals surface area contributed by atoms with E-state index in [2.05, 4.69) is 15.2 Å². The second-order valence-corrected chi connectivity index (χ2v) is 6.04. The van der Waals surface area contributed by atoms with Gasteiger partial charge in [-0.05, 0) is 53.3 Å². The number of hydrogen-bond donors (Lipinski definition) is 1. The molecule has 6 nitrogen and oxygen atoms in total. The van der Waals surface area contributed by atoms with Gasteiger partial charge in [-0.15, -0.1) is 0 Å². The number of carbonyl (C=O) groups is 1. The Morgan fingerprint density at radius 2 is 2.14 bits per heavy atom. The van der Waals surface area contributed by atoms with Crippen LogP contribution in [0.2, 0.25) is 0 Å². The van der Waals surface area contributed by atoms with E-state index in [9.17, 15) is 9.59 Å². The molecule has 1 amide bonds. The standard InChI is InChI=1S/C15H24N4O2/c1-10-8-11(2)19(15(21)16-10)9-14(20)17-12-6-5-7-13(12)18(3)4/h8,12-13H,5-7,9H2,1-4H3,(H,17,20)/t12-,13-/m1/s1. The molecule has 2 atom stereocenters. The molecule has 2 rings (SSSR count). The molecule has 0 unspecified atom stereocenters. The highest BCUT2D eigenvalue weighted by Gasteiger charge is 2.29. The quantitative estimate of drug-likeness (QED) is 0.875. The average molecular weight is 292 g/mol. The van der Waals surface area contributed by atoms with Crippen molar-refractivity contribution in [1.82, 2.24) is 19.8 Å². The first-order valence-corrected chi connectivity index (χ1v) is 7.39. The molecule has 1 aliphatic rings. The van der Waals surface area contributed by atoms with Gasteiger partial charge in [-0.25, -0.2) is 4.79 Å². The minimum atomic E-state index is -0.363. The monoisotopic (exact) mass is 292 g/mol. The molecule has 6 heteroatoms. The topological polar surface area (TPSA) is 67.2 Å². The van der Waals surface area contributed by atoms with E-state index in [0.29, 0.717) is 11.7 Å². The fourth-order valence-corrected chi connectivity index (χ4v) is 3.09. The summed E-state index contributed by atoms with van der Waals surface area (Å²) in [5.74, 6) is -0.121. The highest BCUT2D eigenvalue weighted by atomic mass is 16.2. The number of nitrogens with one attached hydrogen (secondary N) is 1. The van der Waals surface area contributed by atoms with Crippen LogP contribution < -0.4 is 11.0 Å². The first-order valence-electron chi connectivity index (χ1n) is 7.39. The van der Waals surface area contributed by atoms with Gasteiger partial charge in [0.05, 0.1) is 0 Å². The molecule has 0 bridgehead atoms. The molecule has 1 aromatic rings. The number of nitrogens with zero attached hydrogens (tertiary/aromatic N) is 3. The first kappa shape index (κ1) is 15.7. The van der Waals surface area contributed by atoms with Crippen molar-refractivity contribution < 1.29 is 4.79 Å². The van der Waals surface area contributed by atoms with E-state index in [1.54, 1.807) is 6.92 Å². The summed E-state index contributed by atoms with van der Waals surface area (Å²) < 4.78 is 1.42. The summed E-state index contributed by atoms with van der Waals surface area (Å²) in [6.07, 6.45) is 3.22. The number of rotatable bonds is 4. The number of amides is 1. The Bertz CT molecular complexity index is 580. The Balaban J connectivity index is 2.04. The number of aryl methyl sites for hydroxylation is 2. The molecule has 0 aliphatic heterocycles. The zero-order chi connectivity index (χ0) is 15.6. The van der Waals surface area contributed by atoms with Gasteiger partial charge < -0.3 is 10.2 Å². The van der Waals surface area contributed by atoms with Crippen molar-refractivity contribution in [3.05, 3.63) is 27.9 Å². The maximum atomic E-state index is 12.2. The van der Waals surface area contributed by atoms with E-state index >= 15 is 0 Å². The maximum Gasteiger partial charge on any atom is 0.348 e. The number of aromatic nitrogens is 2. The van der Waals surface area contributed by atoms with Crippen LogP contribution in [0.1, 0.15) is 30.7 Å². The van der Waals surface area contributed by atoms with Gasteiger partial charge in [0.15, 0.2) is 0 Å². The summed E-state index contributed by atoms with van der Waals surface area (Å²) in [7, 11) is 4.07. The van der Waals surface area contributed by atoms with Gasteiger partial charge in [0.2, 0.25) is 5.91 Å². The van der Waals surface area contributed by atoms with Crippen LogP contribution in [0.4, 0.5) is 0 Å². The second-order valence-electron chi connectivity index (χ2n) is 6.04. The SMILES string of the molecule is Cc1cc(C)n(CC(=O)N[C@@H]2CCC[C@H]2N(C)C)c(=O)n1. The molecule has 0 saturated heterocycles. The highest BCUT2D eigenvalue weighted by molar-refractivity contribution is 5.76. The normalized spacial score (nSPS) is 21.8. The lowest BCUT2D eigenvalue weighted by atomic mass is 10.1. The Hall–Kier alpha value is -1.69. The smallest absolute Gasteiger partial charge is 0.348 e. The van der Waals surface area contributed by atoms with Crippen LogP contribution in [0.5, 0.6) is 0 Å². The molecular formula is C15H24N4O2. The van der Waals surface area contributed by atoms with Crippen LogP contribution >= 0.6 is 0 Å². The van der Waals surface area contributed by atoms with Crippen LogP contribution in [-0.2, 0) is 11.3 Å². The van der Waals surface area contributed by atoms with Crippen molar-refractivity contribution in [2.45, 2.75) is 51.7 Å². The van der Waals surface area contributed by atoms with E-state index in [4.69, 9.17) is 0 Å². The van der Waals surface area contributed by atoms with E-state index in [1.807, 2.05) is 27.1 Å². The van der Waals surface area contributed by atoms with Crippen molar-refractivity contribution in [1.29, 1.82) is 0 Å². The Labute approximate surface area is 125 Å². The summed E-state index contributed by atoms with van der Waals surface area (Å²) in [4.78, 5) is 30.1. The molecule has 0 aromatic carbocycles. The summed E-state index contributed by atoms with van der Waals surface area (Å²) in [6, 6.07) is 2.36. The van der Waals surface area contributed by atoms with Gasteiger partial charge in [-0.3, -0.25) is 9.36 Å². The molecular weight excluding hydrogens is 268 g/mol. The molecule has 1 N–H and O–H groups in total. The zero-order valence-corrected chi connectivity index (χ0v) is 13.2. The van der Waals surface area contributed by atoms with Gasteiger partial charge >= 0.3 is 5.69 Å². The van der Waals surface area contributed by atoms with E-state index in [-0.39, 0.29) is 24.2 Å². The van der Waals surface area contributed by atoms with Gasteiger partial charge in [-0.1, -0.05) is 0 Å². The van der Waals surface area contributed by atoms with Crippen molar-refractivity contribution >= 4 is 5.91 Å². The summed E-state index contributed by atoms with van der Waals surface area (Å²) >= 11 is 0. The number of hydrogen-bond acceptors (Lipinski definition) is 4.